The normalized spacial score (nSPS) is 15.8. The van der Waals surface area contributed by atoms with Gasteiger partial charge in [-0.15, -0.1) is 12.4 Å². The fourth-order valence-corrected chi connectivity index (χ4v) is 2.16. The monoisotopic (exact) mass is 300 g/mol. The molecule has 0 saturated carbocycles. The van der Waals surface area contributed by atoms with Crippen molar-refractivity contribution in [3.8, 4) is 11.5 Å². The van der Waals surface area contributed by atoms with E-state index in [0.29, 0.717) is 31.0 Å². The van der Waals surface area contributed by atoms with Gasteiger partial charge in [-0.05, 0) is 19.9 Å². The molecule has 1 unspecified atom stereocenters. The van der Waals surface area contributed by atoms with Crippen molar-refractivity contribution in [3.05, 3.63) is 17.7 Å². The van der Waals surface area contributed by atoms with E-state index >= 15 is 0 Å². The summed E-state index contributed by atoms with van der Waals surface area (Å²) in [6.07, 6.45) is 1.33. The van der Waals surface area contributed by atoms with Crippen LogP contribution in [-0.4, -0.2) is 25.2 Å². The van der Waals surface area contributed by atoms with Crippen molar-refractivity contribution in [1.82, 2.24) is 0 Å². The average molecular weight is 301 g/mol. The number of carbonyl (C=O) groups excluding carboxylic acids is 1. The minimum atomic E-state index is -0.116. The van der Waals surface area contributed by atoms with Gasteiger partial charge in [-0.3, -0.25) is 4.79 Å². The van der Waals surface area contributed by atoms with Crippen LogP contribution in [0.25, 0.3) is 0 Å². The quantitative estimate of drug-likeness (QED) is 0.873. The van der Waals surface area contributed by atoms with Crippen LogP contribution in [0, 0.1) is 0 Å². The molecule has 1 atom stereocenters. The maximum absolute atomic E-state index is 11.6. The molecule has 1 heterocycles. The third kappa shape index (κ3) is 3.77. The number of anilines is 1. The molecule has 0 fully saturated rings. The largest absolute Gasteiger partial charge is 0.492 e. The number of fused-ring (bicyclic) bond motifs is 1. The van der Waals surface area contributed by atoms with Gasteiger partial charge in [0.25, 0.3) is 0 Å². The topological polar surface area (TPSA) is 73.6 Å². The van der Waals surface area contributed by atoms with Gasteiger partial charge in [-0.1, -0.05) is 0 Å². The molecule has 0 spiro atoms. The van der Waals surface area contributed by atoms with Crippen LogP contribution in [0.15, 0.2) is 12.1 Å². The van der Waals surface area contributed by atoms with Crippen LogP contribution >= 0.6 is 12.4 Å². The molecule has 1 aromatic rings. The lowest BCUT2D eigenvalue weighted by atomic mass is 10.1. The first-order valence-electron chi connectivity index (χ1n) is 6.60. The summed E-state index contributed by atoms with van der Waals surface area (Å²) in [6.45, 7) is 4.81. The van der Waals surface area contributed by atoms with Crippen molar-refractivity contribution in [1.29, 1.82) is 0 Å². The molecule has 1 amide bonds. The lowest BCUT2D eigenvalue weighted by Gasteiger charge is -2.13. The number of hydrogen-bond donors (Lipinski definition) is 2. The highest BCUT2D eigenvalue weighted by atomic mass is 35.5. The van der Waals surface area contributed by atoms with Gasteiger partial charge in [0.05, 0.1) is 12.3 Å². The molecule has 3 N–H and O–H groups in total. The number of nitrogens with two attached hydrogens (primary N) is 1. The number of carbonyl (C=O) groups is 1. The molecule has 6 heteroatoms. The highest BCUT2D eigenvalue weighted by Crippen LogP contribution is 2.38. The zero-order valence-electron chi connectivity index (χ0n) is 11.8. The molecule has 0 saturated heterocycles. The molecule has 0 bridgehead atoms. The number of amides is 1. The van der Waals surface area contributed by atoms with E-state index in [-0.39, 0.29) is 24.4 Å². The number of halogens is 1. The maximum atomic E-state index is 11.6. The minimum Gasteiger partial charge on any atom is -0.492 e. The minimum absolute atomic E-state index is 0. The lowest BCUT2D eigenvalue weighted by Crippen LogP contribution is -2.16. The van der Waals surface area contributed by atoms with Gasteiger partial charge in [-0.2, -0.15) is 0 Å². The van der Waals surface area contributed by atoms with Crippen LogP contribution in [0.1, 0.15) is 25.8 Å². The number of benzene rings is 1. The first-order chi connectivity index (χ1) is 9.13. The van der Waals surface area contributed by atoms with Crippen LogP contribution in [0.2, 0.25) is 0 Å². The second kappa shape index (κ2) is 7.36. The Morgan fingerprint density at radius 1 is 1.55 bits per heavy atom. The molecule has 1 aliphatic heterocycles. The third-order valence-electron chi connectivity index (χ3n) is 2.94. The number of nitrogens with one attached hydrogen (secondary N) is 1. The van der Waals surface area contributed by atoms with Crippen LogP contribution < -0.4 is 20.5 Å². The molecule has 0 aliphatic carbocycles. The molecule has 112 valence electrons. The molecule has 0 aromatic heterocycles. The fourth-order valence-electron chi connectivity index (χ4n) is 2.16. The second-order valence-corrected chi connectivity index (χ2v) is 4.61. The molecule has 1 aromatic carbocycles. The Bertz CT molecular complexity index is 480. The van der Waals surface area contributed by atoms with Crippen molar-refractivity contribution < 1.29 is 14.3 Å². The summed E-state index contributed by atoms with van der Waals surface area (Å²) in [6, 6.07) is 3.78. The summed E-state index contributed by atoms with van der Waals surface area (Å²) >= 11 is 0. The van der Waals surface area contributed by atoms with Crippen molar-refractivity contribution in [3.63, 3.8) is 0 Å². The summed E-state index contributed by atoms with van der Waals surface area (Å²) in [5, 5.41) is 2.82. The Kier molecular flexibility index (Phi) is 6.10. The van der Waals surface area contributed by atoms with Crippen molar-refractivity contribution in [2.45, 2.75) is 32.8 Å². The van der Waals surface area contributed by atoms with E-state index in [1.807, 2.05) is 26.0 Å². The molecular formula is C14H21ClN2O3. The molecule has 2 rings (SSSR count). The van der Waals surface area contributed by atoms with Crippen molar-refractivity contribution in [2.24, 2.45) is 5.73 Å². The van der Waals surface area contributed by atoms with E-state index < -0.39 is 0 Å². The summed E-state index contributed by atoms with van der Waals surface area (Å²) in [4.78, 5) is 11.6. The zero-order chi connectivity index (χ0) is 13.8. The number of hydrogen-bond acceptors (Lipinski definition) is 4. The number of rotatable bonds is 5. The van der Waals surface area contributed by atoms with Gasteiger partial charge < -0.3 is 20.5 Å². The van der Waals surface area contributed by atoms with Gasteiger partial charge in [0.2, 0.25) is 5.91 Å². The van der Waals surface area contributed by atoms with Crippen LogP contribution in [-0.2, 0) is 11.2 Å². The predicted octanol–water partition coefficient (Wildman–Crippen LogP) is 2.12. The molecule has 20 heavy (non-hydrogen) atoms. The van der Waals surface area contributed by atoms with E-state index in [9.17, 15) is 4.79 Å². The van der Waals surface area contributed by atoms with Gasteiger partial charge in [0.15, 0.2) is 0 Å². The van der Waals surface area contributed by atoms with Gasteiger partial charge in [-0.25, -0.2) is 0 Å². The lowest BCUT2D eigenvalue weighted by molar-refractivity contribution is -0.116. The van der Waals surface area contributed by atoms with Crippen molar-refractivity contribution >= 4 is 24.0 Å². The fraction of sp³-hybridized carbons (Fsp3) is 0.500. The summed E-state index contributed by atoms with van der Waals surface area (Å²) in [5.74, 6) is 1.39. The highest BCUT2D eigenvalue weighted by molar-refractivity contribution is 5.92. The molecule has 5 nitrogen and oxygen atoms in total. The van der Waals surface area contributed by atoms with Crippen LogP contribution in [0.5, 0.6) is 11.5 Å². The van der Waals surface area contributed by atoms with Crippen LogP contribution in [0.4, 0.5) is 5.69 Å². The summed E-state index contributed by atoms with van der Waals surface area (Å²) in [7, 11) is 0. The Hall–Kier alpha value is -1.46. The first kappa shape index (κ1) is 16.6. The summed E-state index contributed by atoms with van der Waals surface area (Å²) in [5.41, 5.74) is 7.14. The Labute approximate surface area is 125 Å². The van der Waals surface area contributed by atoms with E-state index in [1.165, 1.54) is 0 Å². The van der Waals surface area contributed by atoms with Crippen molar-refractivity contribution in [2.75, 3.05) is 18.5 Å². The van der Waals surface area contributed by atoms with Gasteiger partial charge in [0.1, 0.15) is 17.6 Å². The maximum Gasteiger partial charge on any atom is 0.225 e. The standard InChI is InChI=1S/C14H20N2O3.ClH/c1-3-18-13-7-10-6-9(2)19-12(10)8-11(13)16-14(17)4-5-15;/h7-9H,3-6,15H2,1-2H3,(H,16,17);1H. The molecular weight excluding hydrogens is 280 g/mol. The van der Waals surface area contributed by atoms with E-state index in [0.717, 1.165) is 17.7 Å². The zero-order valence-corrected chi connectivity index (χ0v) is 12.6. The molecule has 1 aliphatic rings. The third-order valence-corrected chi connectivity index (χ3v) is 2.94. The SMILES string of the molecule is CCOc1cc2c(cc1NC(=O)CCN)OC(C)C2.Cl. The van der Waals surface area contributed by atoms with E-state index in [4.69, 9.17) is 15.2 Å². The van der Waals surface area contributed by atoms with Crippen LogP contribution in [0.3, 0.4) is 0 Å². The van der Waals surface area contributed by atoms with E-state index in [2.05, 4.69) is 5.32 Å². The summed E-state index contributed by atoms with van der Waals surface area (Å²) < 4.78 is 11.3. The number of ether oxygens (including phenoxy) is 2. The van der Waals surface area contributed by atoms with Gasteiger partial charge >= 0.3 is 0 Å². The van der Waals surface area contributed by atoms with Gasteiger partial charge in [0, 0.05) is 31.0 Å². The average Bonchev–Trinajstić information content (AvgIpc) is 2.69. The second-order valence-electron chi connectivity index (χ2n) is 4.61. The Morgan fingerprint density at radius 3 is 2.95 bits per heavy atom. The Morgan fingerprint density at radius 2 is 2.30 bits per heavy atom. The smallest absolute Gasteiger partial charge is 0.225 e. The first-order valence-corrected chi connectivity index (χ1v) is 6.60. The highest BCUT2D eigenvalue weighted by Gasteiger charge is 2.22. The predicted molar refractivity (Wildman–Crippen MR) is 81.0 cm³/mol. The van der Waals surface area contributed by atoms with E-state index in [1.54, 1.807) is 0 Å². The Balaban J connectivity index is 0.00000200. The molecule has 0 radical (unpaired) electrons.